The highest BCUT2D eigenvalue weighted by Crippen LogP contribution is 2.14. The normalized spacial score (nSPS) is 12.9. The number of unbranched alkanes of at least 4 members (excludes halogenated alkanes) is 27. The van der Waals surface area contributed by atoms with Gasteiger partial charge in [0.15, 0.2) is 6.10 Å². The van der Waals surface area contributed by atoms with E-state index in [0.29, 0.717) is 19.3 Å². The molecule has 0 saturated carbocycles. The fraction of sp³-hybridized carbons (Fsp3) is 0.667. The summed E-state index contributed by atoms with van der Waals surface area (Å²) < 4.78 is 16.8. The van der Waals surface area contributed by atoms with Crippen LogP contribution in [0, 0.1) is 0 Å². The van der Waals surface area contributed by atoms with E-state index >= 15 is 0 Å². The number of carbonyl (C=O) groups excluding carboxylic acids is 3. The molecule has 0 amide bonds. The van der Waals surface area contributed by atoms with E-state index in [2.05, 4.69) is 130 Å². The second kappa shape index (κ2) is 56.7. The molecule has 392 valence electrons. The Morgan fingerprint density at radius 3 is 0.884 bits per heavy atom. The van der Waals surface area contributed by atoms with Crippen LogP contribution in [0.2, 0.25) is 0 Å². The van der Waals surface area contributed by atoms with Gasteiger partial charge in [0, 0.05) is 19.3 Å². The van der Waals surface area contributed by atoms with Crippen LogP contribution in [0.1, 0.15) is 252 Å². The maximum atomic E-state index is 12.9. The third kappa shape index (κ3) is 54.9. The molecule has 0 aliphatic carbocycles. The van der Waals surface area contributed by atoms with E-state index in [1.54, 1.807) is 0 Å². The predicted octanol–water partition coefficient (Wildman–Crippen LogP) is 19.1. The van der Waals surface area contributed by atoms with Gasteiger partial charge in [-0.3, -0.25) is 14.4 Å². The quantitative estimate of drug-likeness (QED) is 0.0199. The third-order valence-electron chi connectivity index (χ3n) is 11.9. The summed E-state index contributed by atoms with van der Waals surface area (Å²) in [4.78, 5) is 38.2. The lowest BCUT2D eigenvalue weighted by atomic mass is 10.1. The fourth-order valence-electron chi connectivity index (χ4n) is 7.58. The van der Waals surface area contributed by atoms with E-state index in [-0.39, 0.29) is 31.1 Å². The molecule has 0 saturated heterocycles. The zero-order chi connectivity index (χ0) is 50.0. The Balaban J connectivity index is 4.52. The number of ether oxygens (including phenoxy) is 3. The SMILES string of the molecule is CCCCC\C=C/C=C\C=C/C=C\CCCCCCCC(=O)OCC(COC(=O)CCCCCCCCC/C=C\CCCCCC)OC(=O)CCCCCCC\C=C/C=C\C=C/C=C\CCCCC. The number of hydrogen-bond donors (Lipinski definition) is 0. The summed E-state index contributed by atoms with van der Waals surface area (Å²) in [5.74, 6) is -0.950. The first-order valence-electron chi connectivity index (χ1n) is 28.5. The zero-order valence-corrected chi connectivity index (χ0v) is 44.8. The summed E-state index contributed by atoms with van der Waals surface area (Å²) in [5.41, 5.74) is 0. The van der Waals surface area contributed by atoms with Crippen molar-refractivity contribution in [3.8, 4) is 0 Å². The van der Waals surface area contributed by atoms with Crippen LogP contribution < -0.4 is 0 Å². The average Bonchev–Trinajstić information content (AvgIpc) is 3.35. The number of carbonyl (C=O) groups is 3. The van der Waals surface area contributed by atoms with Crippen LogP contribution in [0.4, 0.5) is 0 Å². The lowest BCUT2D eigenvalue weighted by Gasteiger charge is -2.18. The summed E-state index contributed by atoms with van der Waals surface area (Å²) in [6.07, 6.45) is 76.3. The first kappa shape index (κ1) is 65.1. The Labute approximate surface area is 425 Å². The van der Waals surface area contributed by atoms with Gasteiger partial charge >= 0.3 is 17.9 Å². The van der Waals surface area contributed by atoms with Crippen LogP contribution in [-0.4, -0.2) is 37.2 Å². The molecule has 0 rings (SSSR count). The third-order valence-corrected chi connectivity index (χ3v) is 11.9. The van der Waals surface area contributed by atoms with Crippen LogP contribution in [0.5, 0.6) is 0 Å². The van der Waals surface area contributed by atoms with Crippen molar-refractivity contribution in [1.29, 1.82) is 0 Å². The summed E-state index contributed by atoms with van der Waals surface area (Å²) in [6.45, 7) is 6.51. The predicted molar refractivity (Wildman–Crippen MR) is 297 cm³/mol. The standard InChI is InChI=1S/C63H104O6/c1-4-7-10-13-16-19-22-25-28-30-32-35-38-41-44-47-50-53-56-62(65)68-59-60(58-67-61(64)55-52-49-46-43-40-37-34-27-24-21-18-15-12-9-6-3)69-63(66)57-54-51-48-45-42-39-36-33-31-29-26-23-20-17-14-11-8-5-2/h16-17,19-26,28-33,35-36,60H,4-15,18,27,34,37-59H2,1-3H3/b19-16-,20-17-,24-21-,25-22-,26-23-,30-28-,31-29-,35-32-,36-33-. The smallest absolute Gasteiger partial charge is 0.306 e. The minimum absolute atomic E-state index is 0.0995. The van der Waals surface area contributed by atoms with E-state index < -0.39 is 6.10 Å². The van der Waals surface area contributed by atoms with E-state index in [0.717, 1.165) is 109 Å². The van der Waals surface area contributed by atoms with Gasteiger partial charge in [0.1, 0.15) is 13.2 Å². The number of allylic oxidation sites excluding steroid dienone is 18. The Bertz CT molecular complexity index is 1420. The Morgan fingerprint density at radius 1 is 0.290 bits per heavy atom. The van der Waals surface area contributed by atoms with Crippen molar-refractivity contribution in [3.05, 3.63) is 109 Å². The molecular formula is C63H104O6. The second-order valence-corrected chi connectivity index (χ2v) is 18.7. The molecule has 69 heavy (non-hydrogen) atoms. The molecule has 0 bridgehead atoms. The van der Waals surface area contributed by atoms with Crippen LogP contribution in [0.3, 0.4) is 0 Å². The Kier molecular flexibility index (Phi) is 53.4. The fourth-order valence-corrected chi connectivity index (χ4v) is 7.58. The lowest BCUT2D eigenvalue weighted by molar-refractivity contribution is -0.167. The highest BCUT2D eigenvalue weighted by Gasteiger charge is 2.19. The largest absolute Gasteiger partial charge is 0.462 e. The summed E-state index contributed by atoms with van der Waals surface area (Å²) >= 11 is 0. The molecule has 0 spiro atoms. The minimum Gasteiger partial charge on any atom is -0.462 e. The van der Waals surface area contributed by atoms with E-state index in [4.69, 9.17) is 14.2 Å². The number of rotatable bonds is 50. The zero-order valence-electron chi connectivity index (χ0n) is 44.8. The van der Waals surface area contributed by atoms with Crippen molar-refractivity contribution >= 4 is 17.9 Å². The molecule has 0 aliphatic heterocycles. The maximum absolute atomic E-state index is 12.9. The Morgan fingerprint density at radius 2 is 0.536 bits per heavy atom. The van der Waals surface area contributed by atoms with Gasteiger partial charge in [-0.25, -0.2) is 0 Å². The first-order chi connectivity index (χ1) is 34.0. The molecule has 6 nitrogen and oxygen atoms in total. The van der Waals surface area contributed by atoms with Crippen molar-refractivity contribution in [3.63, 3.8) is 0 Å². The molecule has 0 aromatic carbocycles. The summed E-state index contributed by atoms with van der Waals surface area (Å²) in [7, 11) is 0. The van der Waals surface area contributed by atoms with Gasteiger partial charge in [-0.2, -0.15) is 0 Å². The average molecular weight is 958 g/mol. The van der Waals surface area contributed by atoms with Gasteiger partial charge in [-0.15, -0.1) is 0 Å². The van der Waals surface area contributed by atoms with Crippen molar-refractivity contribution in [2.45, 2.75) is 258 Å². The molecular weight excluding hydrogens is 853 g/mol. The highest BCUT2D eigenvalue weighted by atomic mass is 16.6. The molecule has 1 atom stereocenters. The molecule has 0 aliphatic rings. The molecule has 1 unspecified atom stereocenters. The molecule has 0 N–H and O–H groups in total. The van der Waals surface area contributed by atoms with Gasteiger partial charge in [0.25, 0.3) is 0 Å². The summed E-state index contributed by atoms with van der Waals surface area (Å²) in [5, 5.41) is 0. The van der Waals surface area contributed by atoms with Gasteiger partial charge in [-0.05, 0) is 96.3 Å². The van der Waals surface area contributed by atoms with Gasteiger partial charge in [0.05, 0.1) is 0 Å². The van der Waals surface area contributed by atoms with Crippen molar-refractivity contribution < 1.29 is 28.6 Å². The first-order valence-corrected chi connectivity index (χ1v) is 28.5. The number of hydrogen-bond acceptors (Lipinski definition) is 6. The molecule has 0 aromatic heterocycles. The molecule has 0 radical (unpaired) electrons. The summed E-state index contributed by atoms with van der Waals surface area (Å²) in [6, 6.07) is 0. The van der Waals surface area contributed by atoms with E-state index in [1.807, 2.05) is 0 Å². The number of esters is 3. The van der Waals surface area contributed by atoms with Gasteiger partial charge in [-0.1, -0.05) is 246 Å². The van der Waals surface area contributed by atoms with Crippen LogP contribution in [0.15, 0.2) is 109 Å². The topological polar surface area (TPSA) is 78.9 Å². The van der Waals surface area contributed by atoms with Crippen molar-refractivity contribution in [1.82, 2.24) is 0 Å². The molecule has 0 fully saturated rings. The molecule has 0 aromatic rings. The van der Waals surface area contributed by atoms with Crippen LogP contribution in [0.25, 0.3) is 0 Å². The minimum atomic E-state index is -0.805. The molecule has 6 heteroatoms. The maximum Gasteiger partial charge on any atom is 0.306 e. The Hall–Kier alpha value is -3.93. The van der Waals surface area contributed by atoms with Crippen molar-refractivity contribution in [2.75, 3.05) is 13.2 Å². The monoisotopic (exact) mass is 957 g/mol. The van der Waals surface area contributed by atoms with E-state index in [1.165, 1.54) is 103 Å². The highest BCUT2D eigenvalue weighted by molar-refractivity contribution is 5.71. The van der Waals surface area contributed by atoms with E-state index in [9.17, 15) is 14.4 Å². The van der Waals surface area contributed by atoms with Gasteiger partial charge in [0.2, 0.25) is 0 Å². The molecule has 0 heterocycles. The van der Waals surface area contributed by atoms with Gasteiger partial charge < -0.3 is 14.2 Å². The van der Waals surface area contributed by atoms with Crippen LogP contribution >= 0.6 is 0 Å². The lowest BCUT2D eigenvalue weighted by Crippen LogP contribution is -2.30. The van der Waals surface area contributed by atoms with Crippen LogP contribution in [-0.2, 0) is 28.6 Å². The second-order valence-electron chi connectivity index (χ2n) is 18.7. The van der Waals surface area contributed by atoms with Crippen molar-refractivity contribution in [2.24, 2.45) is 0 Å².